The Labute approximate surface area is 234 Å². The molecule has 1 unspecified atom stereocenters. The Kier molecular flexibility index (Phi) is 11.6. The zero-order chi connectivity index (χ0) is 28.2. The molecular weight excluding hydrogens is 482 g/mol. The molecule has 1 amide bonds. The van der Waals surface area contributed by atoms with Gasteiger partial charge in [0.2, 0.25) is 5.91 Å². The molecule has 1 aliphatic rings. The van der Waals surface area contributed by atoms with Gasteiger partial charge in [-0.15, -0.1) is 6.58 Å². The number of nitrogens with zero attached hydrogens (tertiary/aromatic N) is 2. The molecule has 2 aromatic carbocycles. The largest absolute Gasteiger partial charge is 0.505 e. The van der Waals surface area contributed by atoms with E-state index >= 15 is 0 Å². The van der Waals surface area contributed by atoms with Gasteiger partial charge in [0.1, 0.15) is 0 Å². The number of amides is 1. The van der Waals surface area contributed by atoms with Gasteiger partial charge in [-0.25, -0.2) is 0 Å². The van der Waals surface area contributed by atoms with E-state index in [4.69, 9.17) is 0 Å². The van der Waals surface area contributed by atoms with Gasteiger partial charge in [-0.2, -0.15) is 0 Å². The third-order valence-corrected chi connectivity index (χ3v) is 7.18. The minimum atomic E-state index is -0.0161. The molecule has 5 nitrogen and oxygen atoms in total. The lowest BCUT2D eigenvalue weighted by Crippen LogP contribution is -2.32. The predicted octanol–water partition coefficient (Wildman–Crippen LogP) is 8.09. The van der Waals surface area contributed by atoms with E-state index in [-0.39, 0.29) is 17.9 Å². The summed E-state index contributed by atoms with van der Waals surface area (Å²) in [6.45, 7) is 15.0. The van der Waals surface area contributed by atoms with Crippen molar-refractivity contribution in [1.29, 1.82) is 0 Å². The Balaban J connectivity index is 0.000000771. The average molecular weight is 528 g/mol. The molecule has 0 spiro atoms. The Morgan fingerprint density at radius 1 is 1.10 bits per heavy atom. The van der Waals surface area contributed by atoms with Crippen molar-refractivity contribution in [3.8, 4) is 0 Å². The van der Waals surface area contributed by atoms with Crippen LogP contribution in [0.2, 0.25) is 0 Å². The SMILES string of the molecule is C/C=C/OC.C=CC(/C=C\C)n1cc(CN2CCC(c3cccc(NC(=O)C(C)C)c3)CC2)c2ccccc21. The smallest absolute Gasteiger partial charge is 0.226 e. The molecule has 5 heteroatoms. The van der Waals surface area contributed by atoms with Gasteiger partial charge in [-0.1, -0.05) is 68.5 Å². The first-order chi connectivity index (χ1) is 18.9. The maximum atomic E-state index is 12.1. The van der Waals surface area contributed by atoms with Gasteiger partial charge in [0, 0.05) is 35.2 Å². The number of fused-ring (bicyclic) bond motifs is 1. The number of carbonyl (C=O) groups excluding carboxylic acids is 1. The number of allylic oxidation sites excluding steroid dienone is 4. The van der Waals surface area contributed by atoms with Crippen LogP contribution in [0.5, 0.6) is 0 Å². The molecular formula is C34H45N3O2. The molecule has 0 aliphatic carbocycles. The zero-order valence-corrected chi connectivity index (χ0v) is 24.3. The molecule has 1 N–H and O–H groups in total. The summed E-state index contributed by atoms with van der Waals surface area (Å²) in [6, 6.07) is 17.3. The number of aromatic nitrogens is 1. The molecule has 2 heterocycles. The van der Waals surface area contributed by atoms with Crippen LogP contribution < -0.4 is 5.32 Å². The number of likely N-dealkylation sites (tertiary alicyclic amines) is 1. The highest BCUT2D eigenvalue weighted by atomic mass is 16.5. The summed E-state index contributed by atoms with van der Waals surface area (Å²) >= 11 is 0. The monoisotopic (exact) mass is 527 g/mol. The Hall–Kier alpha value is -3.57. The predicted molar refractivity (Wildman–Crippen MR) is 165 cm³/mol. The van der Waals surface area contributed by atoms with E-state index in [0.29, 0.717) is 5.92 Å². The number of hydrogen-bond donors (Lipinski definition) is 1. The standard InChI is InChI=1S/C30H37N3O.C4H8O/c1-5-10-27(6-2)33-21-25(28-13-7-8-14-29(28)33)20-32-17-15-23(16-18-32)24-11-9-12-26(19-24)31-30(34)22(3)4;1-3-4-5-2/h5-14,19,21-23,27H,2,15-18,20H2,1,3-4H3,(H,31,34);3-4H,1-2H3/b10-5-;4-3+. The molecule has 208 valence electrons. The van der Waals surface area contributed by atoms with Gasteiger partial charge in [-0.05, 0) is 75.0 Å². The Bertz CT molecular complexity index is 1260. The zero-order valence-electron chi connectivity index (χ0n) is 24.3. The molecule has 1 aliphatic heterocycles. The summed E-state index contributed by atoms with van der Waals surface area (Å²) in [6.07, 6.45) is 14.3. The first-order valence-corrected chi connectivity index (χ1v) is 14.0. The minimum absolute atomic E-state index is 0.0161. The number of benzene rings is 2. The van der Waals surface area contributed by atoms with Crippen LogP contribution in [-0.2, 0) is 16.1 Å². The van der Waals surface area contributed by atoms with Crippen molar-refractivity contribution in [2.75, 3.05) is 25.5 Å². The molecule has 39 heavy (non-hydrogen) atoms. The summed E-state index contributed by atoms with van der Waals surface area (Å²) in [7, 11) is 1.62. The Morgan fingerprint density at radius 3 is 2.46 bits per heavy atom. The molecule has 1 fully saturated rings. The normalized spacial score (nSPS) is 15.4. The summed E-state index contributed by atoms with van der Waals surface area (Å²) in [4.78, 5) is 14.7. The van der Waals surface area contributed by atoms with E-state index in [0.717, 1.165) is 38.2 Å². The molecule has 0 bridgehead atoms. The second-order valence-corrected chi connectivity index (χ2v) is 10.4. The highest BCUT2D eigenvalue weighted by Crippen LogP contribution is 2.32. The molecule has 1 aromatic heterocycles. The van der Waals surface area contributed by atoms with Crippen molar-refractivity contribution in [2.45, 2.75) is 59.0 Å². The van der Waals surface area contributed by atoms with E-state index in [1.54, 1.807) is 13.4 Å². The van der Waals surface area contributed by atoms with Crippen molar-refractivity contribution in [3.63, 3.8) is 0 Å². The topological polar surface area (TPSA) is 46.5 Å². The van der Waals surface area contributed by atoms with Crippen LogP contribution in [0.3, 0.4) is 0 Å². The van der Waals surface area contributed by atoms with Crippen LogP contribution in [0.25, 0.3) is 10.9 Å². The van der Waals surface area contributed by atoms with Crippen LogP contribution in [0.1, 0.15) is 63.6 Å². The number of ether oxygens (including phenoxy) is 1. The second kappa shape index (κ2) is 15.1. The van der Waals surface area contributed by atoms with Crippen molar-refractivity contribution < 1.29 is 9.53 Å². The maximum absolute atomic E-state index is 12.1. The fraction of sp³-hybridized carbons (Fsp3) is 0.382. The molecule has 1 saturated heterocycles. The molecule has 3 aromatic rings. The number of hydrogen-bond acceptors (Lipinski definition) is 3. The van der Waals surface area contributed by atoms with Gasteiger partial charge in [0.05, 0.1) is 19.4 Å². The second-order valence-electron chi connectivity index (χ2n) is 10.4. The van der Waals surface area contributed by atoms with E-state index in [1.807, 2.05) is 39.0 Å². The average Bonchev–Trinajstić information content (AvgIpc) is 3.31. The van der Waals surface area contributed by atoms with E-state index in [1.165, 1.54) is 22.0 Å². The first-order valence-electron chi connectivity index (χ1n) is 14.0. The third kappa shape index (κ3) is 8.21. The maximum Gasteiger partial charge on any atom is 0.226 e. The van der Waals surface area contributed by atoms with Crippen molar-refractivity contribution in [2.24, 2.45) is 5.92 Å². The quantitative estimate of drug-likeness (QED) is 0.226. The van der Waals surface area contributed by atoms with E-state index in [9.17, 15) is 4.79 Å². The van der Waals surface area contributed by atoms with Crippen molar-refractivity contribution in [1.82, 2.24) is 9.47 Å². The summed E-state index contributed by atoms with van der Waals surface area (Å²) < 4.78 is 6.85. The number of nitrogens with one attached hydrogen (secondary N) is 1. The number of carbonyl (C=O) groups is 1. The fourth-order valence-electron chi connectivity index (χ4n) is 5.09. The highest BCUT2D eigenvalue weighted by Gasteiger charge is 2.22. The van der Waals surface area contributed by atoms with Gasteiger partial charge in [-0.3, -0.25) is 9.69 Å². The van der Waals surface area contributed by atoms with Gasteiger partial charge in [0.25, 0.3) is 0 Å². The minimum Gasteiger partial charge on any atom is -0.505 e. The Morgan fingerprint density at radius 2 is 1.85 bits per heavy atom. The summed E-state index contributed by atoms with van der Waals surface area (Å²) in [5, 5.41) is 4.37. The van der Waals surface area contributed by atoms with E-state index < -0.39 is 0 Å². The molecule has 0 saturated carbocycles. The lowest BCUT2D eigenvalue weighted by Gasteiger charge is -2.32. The summed E-state index contributed by atoms with van der Waals surface area (Å²) in [5.74, 6) is 0.588. The molecule has 1 atom stereocenters. The van der Waals surface area contributed by atoms with Crippen LogP contribution in [-0.4, -0.2) is 35.6 Å². The molecule has 0 radical (unpaired) electrons. The van der Waals surface area contributed by atoms with Crippen LogP contribution >= 0.6 is 0 Å². The van der Waals surface area contributed by atoms with E-state index in [2.05, 4.69) is 93.8 Å². The van der Waals surface area contributed by atoms with Gasteiger partial charge < -0.3 is 14.6 Å². The van der Waals surface area contributed by atoms with Crippen LogP contribution in [0.15, 0.2) is 91.9 Å². The van der Waals surface area contributed by atoms with Crippen LogP contribution in [0.4, 0.5) is 5.69 Å². The van der Waals surface area contributed by atoms with Crippen molar-refractivity contribution >= 4 is 22.5 Å². The first kappa shape index (κ1) is 30.0. The lowest BCUT2D eigenvalue weighted by molar-refractivity contribution is -0.118. The highest BCUT2D eigenvalue weighted by molar-refractivity contribution is 5.92. The fourth-order valence-corrected chi connectivity index (χ4v) is 5.09. The number of rotatable bonds is 9. The van der Waals surface area contributed by atoms with Crippen LogP contribution in [0, 0.1) is 5.92 Å². The number of anilines is 1. The molecule has 4 rings (SSSR count). The van der Waals surface area contributed by atoms with Gasteiger partial charge in [0.15, 0.2) is 0 Å². The lowest BCUT2D eigenvalue weighted by atomic mass is 9.89. The number of methoxy groups -OCH3 is 1. The number of piperidine rings is 1. The third-order valence-electron chi connectivity index (χ3n) is 7.18. The number of para-hydroxylation sites is 1. The van der Waals surface area contributed by atoms with Crippen molar-refractivity contribution in [3.05, 3.63) is 103 Å². The summed E-state index contributed by atoms with van der Waals surface area (Å²) in [5.41, 5.74) is 4.88. The van der Waals surface area contributed by atoms with Gasteiger partial charge >= 0.3 is 0 Å².